The highest BCUT2D eigenvalue weighted by atomic mass is 16.4. The maximum absolute atomic E-state index is 9.18. The molecule has 1 saturated carbocycles. The van der Waals surface area contributed by atoms with Crippen LogP contribution in [0.2, 0.25) is 0 Å². The molecule has 0 aromatic heterocycles. The van der Waals surface area contributed by atoms with E-state index in [1.807, 2.05) is 6.07 Å². The molecule has 20 heavy (non-hydrogen) atoms. The highest BCUT2D eigenvalue weighted by molar-refractivity contribution is 6.06. The minimum atomic E-state index is 0.641. The van der Waals surface area contributed by atoms with Crippen LogP contribution in [0.25, 0.3) is 0 Å². The summed E-state index contributed by atoms with van der Waals surface area (Å²) in [7, 11) is 0. The molecule has 0 bridgehead atoms. The zero-order chi connectivity index (χ0) is 14.1. The SMILES string of the molecule is CC1CCC(N2CCC(=NO)c3ccccc32)CC1C. The minimum absolute atomic E-state index is 0.641. The van der Waals surface area contributed by atoms with E-state index in [0.29, 0.717) is 6.04 Å². The van der Waals surface area contributed by atoms with Gasteiger partial charge in [0.05, 0.1) is 5.71 Å². The van der Waals surface area contributed by atoms with E-state index in [1.54, 1.807) is 0 Å². The van der Waals surface area contributed by atoms with Crippen LogP contribution in [0.4, 0.5) is 5.69 Å². The van der Waals surface area contributed by atoms with Crippen molar-refractivity contribution in [2.45, 2.75) is 45.6 Å². The molecule has 0 amide bonds. The number of anilines is 1. The Morgan fingerprint density at radius 3 is 2.70 bits per heavy atom. The van der Waals surface area contributed by atoms with Crippen molar-refractivity contribution in [3.63, 3.8) is 0 Å². The number of hydrogen-bond acceptors (Lipinski definition) is 3. The lowest BCUT2D eigenvalue weighted by molar-refractivity contribution is 0.243. The molecule has 1 aliphatic heterocycles. The monoisotopic (exact) mass is 272 g/mol. The Balaban J connectivity index is 1.88. The quantitative estimate of drug-likeness (QED) is 0.621. The van der Waals surface area contributed by atoms with Crippen LogP contribution in [0.5, 0.6) is 0 Å². The Morgan fingerprint density at radius 1 is 1.15 bits per heavy atom. The molecule has 3 unspecified atom stereocenters. The summed E-state index contributed by atoms with van der Waals surface area (Å²) >= 11 is 0. The molecule has 3 atom stereocenters. The molecule has 2 aliphatic rings. The fourth-order valence-corrected chi connectivity index (χ4v) is 3.73. The van der Waals surface area contributed by atoms with Gasteiger partial charge in [0.15, 0.2) is 0 Å². The molecule has 3 rings (SSSR count). The first-order valence-corrected chi connectivity index (χ1v) is 7.77. The lowest BCUT2D eigenvalue weighted by Gasteiger charge is -2.43. The minimum Gasteiger partial charge on any atom is -0.411 e. The van der Waals surface area contributed by atoms with Gasteiger partial charge in [-0.25, -0.2) is 0 Å². The first-order valence-electron chi connectivity index (χ1n) is 7.77. The number of benzene rings is 1. The summed E-state index contributed by atoms with van der Waals surface area (Å²) in [5.74, 6) is 1.65. The maximum atomic E-state index is 9.18. The van der Waals surface area contributed by atoms with E-state index < -0.39 is 0 Å². The van der Waals surface area contributed by atoms with Crippen LogP contribution in [0.15, 0.2) is 29.4 Å². The standard InChI is InChI=1S/C17H24N2O/c1-12-7-8-14(11-13(12)2)19-10-9-16(18-20)15-5-3-4-6-17(15)19/h3-6,12-14,20H,7-11H2,1-2H3. The third-order valence-corrected chi connectivity index (χ3v) is 5.25. The number of oxime groups is 1. The molecule has 3 nitrogen and oxygen atoms in total. The fraction of sp³-hybridized carbons (Fsp3) is 0.588. The Labute approximate surface area is 121 Å². The molecule has 1 aromatic rings. The van der Waals surface area contributed by atoms with Crippen molar-refractivity contribution >= 4 is 11.4 Å². The lowest BCUT2D eigenvalue weighted by atomic mass is 9.78. The summed E-state index contributed by atoms with van der Waals surface area (Å²) in [5.41, 5.74) is 3.18. The largest absolute Gasteiger partial charge is 0.411 e. The highest BCUT2D eigenvalue weighted by Gasteiger charge is 2.32. The first kappa shape index (κ1) is 13.5. The molecule has 0 saturated heterocycles. The van der Waals surface area contributed by atoms with Crippen molar-refractivity contribution < 1.29 is 5.21 Å². The predicted octanol–water partition coefficient (Wildman–Crippen LogP) is 3.90. The van der Waals surface area contributed by atoms with Crippen LogP contribution in [-0.2, 0) is 0 Å². The van der Waals surface area contributed by atoms with Gasteiger partial charge in [-0.05, 0) is 37.2 Å². The van der Waals surface area contributed by atoms with Crippen LogP contribution in [0, 0.1) is 11.8 Å². The fourth-order valence-electron chi connectivity index (χ4n) is 3.73. The van der Waals surface area contributed by atoms with Gasteiger partial charge in [-0.2, -0.15) is 0 Å². The van der Waals surface area contributed by atoms with Crippen molar-refractivity contribution in [2.75, 3.05) is 11.4 Å². The molecule has 0 radical (unpaired) electrons. The normalized spacial score (nSPS) is 32.2. The number of hydrogen-bond donors (Lipinski definition) is 1. The Bertz CT molecular complexity index is 511. The van der Waals surface area contributed by atoms with Gasteiger partial charge in [-0.15, -0.1) is 0 Å². The highest BCUT2D eigenvalue weighted by Crippen LogP contribution is 2.37. The summed E-state index contributed by atoms with van der Waals surface area (Å²) in [5, 5.41) is 12.7. The topological polar surface area (TPSA) is 35.8 Å². The second-order valence-corrected chi connectivity index (χ2v) is 6.43. The van der Waals surface area contributed by atoms with Gasteiger partial charge < -0.3 is 10.1 Å². The molecule has 0 spiro atoms. The van der Waals surface area contributed by atoms with Gasteiger partial charge in [0.2, 0.25) is 0 Å². The Hall–Kier alpha value is -1.51. The van der Waals surface area contributed by atoms with E-state index in [9.17, 15) is 5.21 Å². The average Bonchev–Trinajstić information content (AvgIpc) is 2.49. The third kappa shape index (κ3) is 2.30. The molecular weight excluding hydrogens is 248 g/mol. The second-order valence-electron chi connectivity index (χ2n) is 6.43. The average molecular weight is 272 g/mol. The predicted molar refractivity (Wildman–Crippen MR) is 82.7 cm³/mol. The smallest absolute Gasteiger partial charge is 0.0906 e. The number of nitrogens with zero attached hydrogens (tertiary/aromatic N) is 2. The molecule has 1 heterocycles. The van der Waals surface area contributed by atoms with Crippen LogP contribution >= 0.6 is 0 Å². The van der Waals surface area contributed by atoms with E-state index in [4.69, 9.17) is 0 Å². The van der Waals surface area contributed by atoms with E-state index in [2.05, 4.69) is 42.1 Å². The molecule has 108 valence electrons. The summed E-state index contributed by atoms with van der Waals surface area (Å²) in [6.45, 7) is 5.73. The number of fused-ring (bicyclic) bond motifs is 1. The van der Waals surface area contributed by atoms with Crippen molar-refractivity contribution in [2.24, 2.45) is 17.0 Å². The number of rotatable bonds is 1. The zero-order valence-corrected chi connectivity index (χ0v) is 12.4. The van der Waals surface area contributed by atoms with Gasteiger partial charge in [0.1, 0.15) is 0 Å². The van der Waals surface area contributed by atoms with Crippen LogP contribution in [0.1, 0.15) is 45.1 Å². The first-order chi connectivity index (χ1) is 9.70. The van der Waals surface area contributed by atoms with Gasteiger partial charge >= 0.3 is 0 Å². The number of para-hydroxylation sites is 1. The van der Waals surface area contributed by atoms with Gasteiger partial charge in [-0.3, -0.25) is 0 Å². The summed E-state index contributed by atoms with van der Waals surface area (Å²) in [6.07, 6.45) is 4.73. The van der Waals surface area contributed by atoms with E-state index in [1.165, 1.54) is 24.9 Å². The molecular formula is C17H24N2O. The Morgan fingerprint density at radius 2 is 1.95 bits per heavy atom. The van der Waals surface area contributed by atoms with Crippen LogP contribution < -0.4 is 4.90 Å². The van der Waals surface area contributed by atoms with Crippen molar-refractivity contribution in [1.29, 1.82) is 0 Å². The lowest BCUT2D eigenvalue weighted by Crippen LogP contribution is -2.44. The molecule has 1 aromatic carbocycles. The molecule has 3 heteroatoms. The zero-order valence-electron chi connectivity index (χ0n) is 12.4. The van der Waals surface area contributed by atoms with E-state index in [-0.39, 0.29) is 0 Å². The van der Waals surface area contributed by atoms with Crippen molar-refractivity contribution in [3.8, 4) is 0 Å². The molecule has 1 aliphatic carbocycles. The van der Waals surface area contributed by atoms with Crippen LogP contribution in [0.3, 0.4) is 0 Å². The van der Waals surface area contributed by atoms with Crippen molar-refractivity contribution in [3.05, 3.63) is 29.8 Å². The van der Waals surface area contributed by atoms with Crippen LogP contribution in [-0.4, -0.2) is 23.5 Å². The van der Waals surface area contributed by atoms with E-state index >= 15 is 0 Å². The van der Waals surface area contributed by atoms with Crippen molar-refractivity contribution in [1.82, 2.24) is 0 Å². The Kier molecular flexibility index (Phi) is 3.68. The summed E-state index contributed by atoms with van der Waals surface area (Å²) < 4.78 is 0. The second kappa shape index (κ2) is 5.47. The van der Waals surface area contributed by atoms with Gasteiger partial charge in [0.25, 0.3) is 0 Å². The van der Waals surface area contributed by atoms with E-state index in [0.717, 1.165) is 36.1 Å². The molecule has 1 N–H and O–H groups in total. The third-order valence-electron chi connectivity index (χ3n) is 5.25. The van der Waals surface area contributed by atoms with Gasteiger partial charge in [-0.1, -0.05) is 37.2 Å². The van der Waals surface area contributed by atoms with Gasteiger partial charge in [0, 0.05) is 30.3 Å². The molecule has 1 fully saturated rings. The summed E-state index contributed by atoms with van der Waals surface area (Å²) in [6, 6.07) is 9.00. The maximum Gasteiger partial charge on any atom is 0.0906 e. The summed E-state index contributed by atoms with van der Waals surface area (Å²) in [4.78, 5) is 2.55.